The summed E-state index contributed by atoms with van der Waals surface area (Å²) in [5.41, 5.74) is -0.205. The molecule has 1 aliphatic heterocycles. The van der Waals surface area contributed by atoms with Crippen LogP contribution in [0.1, 0.15) is 25.7 Å². The summed E-state index contributed by atoms with van der Waals surface area (Å²) in [5, 5.41) is 5.14. The highest BCUT2D eigenvalue weighted by atomic mass is 32.2. The smallest absolute Gasteiger partial charge is 0.209 e. The molecule has 1 heterocycles. The van der Waals surface area contributed by atoms with Crippen LogP contribution in [0.15, 0.2) is 0 Å². The first-order chi connectivity index (χ1) is 6.48. The minimum absolute atomic E-state index is 0.0984. The van der Waals surface area contributed by atoms with Crippen molar-refractivity contribution < 1.29 is 13.2 Å². The summed E-state index contributed by atoms with van der Waals surface area (Å²) >= 11 is 0. The van der Waals surface area contributed by atoms with Crippen LogP contribution < -0.4 is 5.14 Å². The lowest BCUT2D eigenvalue weighted by Crippen LogP contribution is -2.49. The summed E-state index contributed by atoms with van der Waals surface area (Å²) in [7, 11) is -3.35. The van der Waals surface area contributed by atoms with Gasteiger partial charge in [-0.2, -0.15) is 0 Å². The lowest BCUT2D eigenvalue weighted by Gasteiger charge is -2.44. The molecule has 0 unspecified atom stereocenters. The van der Waals surface area contributed by atoms with Gasteiger partial charge in [-0.05, 0) is 31.6 Å². The molecule has 3 rings (SSSR count). The zero-order valence-electron chi connectivity index (χ0n) is 8.03. The quantitative estimate of drug-likeness (QED) is 0.720. The van der Waals surface area contributed by atoms with Crippen LogP contribution in [0.25, 0.3) is 0 Å². The Kier molecular flexibility index (Phi) is 1.52. The van der Waals surface area contributed by atoms with Crippen LogP contribution in [0.3, 0.4) is 0 Å². The number of sulfonamides is 1. The van der Waals surface area contributed by atoms with Crippen LogP contribution in [0.4, 0.5) is 0 Å². The molecule has 0 amide bonds. The average Bonchev–Trinajstić information content (AvgIpc) is 2.51. The molecule has 5 heteroatoms. The molecule has 0 aromatic carbocycles. The van der Waals surface area contributed by atoms with E-state index in [2.05, 4.69) is 0 Å². The summed E-state index contributed by atoms with van der Waals surface area (Å²) in [6, 6.07) is 0. The largest absolute Gasteiger partial charge is 0.374 e. The van der Waals surface area contributed by atoms with Crippen molar-refractivity contribution in [2.45, 2.75) is 31.3 Å². The third kappa shape index (κ3) is 0.978. The van der Waals surface area contributed by atoms with E-state index in [1.54, 1.807) is 0 Å². The van der Waals surface area contributed by atoms with E-state index < -0.39 is 10.0 Å². The highest BCUT2D eigenvalue weighted by Gasteiger charge is 2.74. The SMILES string of the molecule is NS(=O)(=O)C[C@]12C[C@H]1COC21CCC1. The molecule has 2 atom stereocenters. The molecule has 14 heavy (non-hydrogen) atoms. The number of hydrogen-bond donors (Lipinski definition) is 1. The number of ether oxygens (including phenoxy) is 1. The molecule has 3 aliphatic rings. The van der Waals surface area contributed by atoms with Crippen molar-refractivity contribution in [1.82, 2.24) is 0 Å². The van der Waals surface area contributed by atoms with Gasteiger partial charge in [0.15, 0.2) is 0 Å². The second-order valence-corrected chi connectivity index (χ2v) is 6.64. The Morgan fingerprint density at radius 3 is 2.57 bits per heavy atom. The van der Waals surface area contributed by atoms with E-state index in [-0.39, 0.29) is 16.8 Å². The minimum atomic E-state index is -3.35. The Hall–Kier alpha value is -0.130. The van der Waals surface area contributed by atoms with E-state index in [0.717, 1.165) is 25.9 Å². The lowest BCUT2D eigenvalue weighted by atomic mass is 9.69. The monoisotopic (exact) mass is 217 g/mol. The molecular weight excluding hydrogens is 202 g/mol. The van der Waals surface area contributed by atoms with Crippen molar-refractivity contribution in [3.05, 3.63) is 0 Å². The van der Waals surface area contributed by atoms with Crippen molar-refractivity contribution in [3.8, 4) is 0 Å². The fourth-order valence-corrected chi connectivity index (χ4v) is 4.70. The van der Waals surface area contributed by atoms with E-state index in [4.69, 9.17) is 9.88 Å². The molecule has 1 spiro atoms. The Labute approximate surface area is 83.9 Å². The van der Waals surface area contributed by atoms with Gasteiger partial charge in [0.2, 0.25) is 10.0 Å². The molecule has 0 aromatic rings. The van der Waals surface area contributed by atoms with Crippen LogP contribution in [0.5, 0.6) is 0 Å². The van der Waals surface area contributed by atoms with E-state index in [0.29, 0.717) is 5.92 Å². The first-order valence-corrected chi connectivity index (χ1v) is 6.84. The van der Waals surface area contributed by atoms with Crippen LogP contribution in [0.2, 0.25) is 0 Å². The lowest BCUT2D eigenvalue weighted by molar-refractivity contribution is -0.105. The molecule has 0 aromatic heterocycles. The van der Waals surface area contributed by atoms with Crippen LogP contribution in [0, 0.1) is 11.3 Å². The predicted octanol–water partition coefficient (Wildman–Crippen LogP) is 0.234. The Bertz CT molecular complexity index is 374. The number of nitrogens with two attached hydrogens (primary N) is 1. The Balaban J connectivity index is 1.90. The van der Waals surface area contributed by atoms with E-state index in [1.165, 1.54) is 6.42 Å². The average molecular weight is 217 g/mol. The van der Waals surface area contributed by atoms with Crippen LogP contribution in [-0.2, 0) is 14.8 Å². The van der Waals surface area contributed by atoms with Gasteiger partial charge in [0.05, 0.1) is 18.0 Å². The molecule has 0 bridgehead atoms. The fraction of sp³-hybridized carbons (Fsp3) is 1.00. The maximum atomic E-state index is 11.2. The number of primary sulfonamides is 1. The third-order valence-corrected chi connectivity index (χ3v) is 5.24. The fourth-order valence-electron chi connectivity index (χ4n) is 3.37. The Morgan fingerprint density at radius 1 is 1.43 bits per heavy atom. The molecule has 4 nitrogen and oxygen atoms in total. The summed E-state index contributed by atoms with van der Waals surface area (Å²) in [5.74, 6) is 0.589. The van der Waals surface area contributed by atoms with E-state index >= 15 is 0 Å². The van der Waals surface area contributed by atoms with Crippen molar-refractivity contribution in [2.24, 2.45) is 16.5 Å². The van der Waals surface area contributed by atoms with Crippen molar-refractivity contribution in [2.75, 3.05) is 12.4 Å². The standard InChI is InChI=1S/C9H15NO3S/c10-14(11,12)6-8-4-7(8)5-13-9(8)2-1-3-9/h7H,1-6H2,(H2,10,11,12)/t7-,8+/m0/s1. The maximum absolute atomic E-state index is 11.2. The van der Waals surface area contributed by atoms with Crippen molar-refractivity contribution >= 4 is 10.0 Å². The summed E-state index contributed by atoms with van der Waals surface area (Å²) in [6.45, 7) is 0.746. The van der Waals surface area contributed by atoms with Crippen LogP contribution in [-0.4, -0.2) is 26.4 Å². The van der Waals surface area contributed by atoms with Crippen molar-refractivity contribution in [1.29, 1.82) is 0 Å². The molecule has 80 valence electrons. The zero-order chi connectivity index (χ0) is 10.0. The van der Waals surface area contributed by atoms with Crippen LogP contribution >= 0.6 is 0 Å². The number of hydrogen-bond acceptors (Lipinski definition) is 3. The zero-order valence-corrected chi connectivity index (χ0v) is 8.85. The second kappa shape index (κ2) is 2.33. The van der Waals surface area contributed by atoms with E-state index in [9.17, 15) is 8.42 Å². The van der Waals surface area contributed by atoms with Gasteiger partial charge in [0.25, 0.3) is 0 Å². The van der Waals surface area contributed by atoms with Gasteiger partial charge in [-0.1, -0.05) is 0 Å². The molecule has 0 radical (unpaired) electrons. The van der Waals surface area contributed by atoms with Gasteiger partial charge >= 0.3 is 0 Å². The maximum Gasteiger partial charge on any atom is 0.209 e. The topological polar surface area (TPSA) is 69.4 Å². The highest BCUT2D eigenvalue weighted by molar-refractivity contribution is 7.89. The first-order valence-electron chi connectivity index (χ1n) is 5.12. The summed E-state index contributed by atoms with van der Waals surface area (Å²) in [6.07, 6.45) is 4.22. The second-order valence-electron chi connectivity index (χ2n) is 5.02. The molecule has 2 aliphatic carbocycles. The van der Waals surface area contributed by atoms with Gasteiger partial charge in [0.1, 0.15) is 0 Å². The molecule has 2 N–H and O–H groups in total. The first kappa shape index (κ1) is 9.12. The number of fused-ring (bicyclic) bond motifs is 2. The molecular formula is C9H15NO3S. The van der Waals surface area contributed by atoms with E-state index in [1.807, 2.05) is 0 Å². The van der Waals surface area contributed by atoms with Crippen molar-refractivity contribution in [3.63, 3.8) is 0 Å². The number of rotatable bonds is 2. The predicted molar refractivity (Wildman–Crippen MR) is 51.0 cm³/mol. The molecule has 3 fully saturated rings. The third-order valence-electron chi connectivity index (χ3n) is 4.32. The molecule has 1 saturated heterocycles. The molecule has 2 saturated carbocycles. The van der Waals surface area contributed by atoms with Gasteiger partial charge in [0, 0.05) is 5.41 Å². The van der Waals surface area contributed by atoms with Gasteiger partial charge in [-0.25, -0.2) is 13.6 Å². The minimum Gasteiger partial charge on any atom is -0.374 e. The summed E-state index contributed by atoms with van der Waals surface area (Å²) < 4.78 is 28.1. The van der Waals surface area contributed by atoms with Gasteiger partial charge in [-0.15, -0.1) is 0 Å². The van der Waals surface area contributed by atoms with Gasteiger partial charge in [-0.3, -0.25) is 0 Å². The highest BCUT2D eigenvalue weighted by Crippen LogP contribution is 2.71. The normalized spacial score (nSPS) is 43.4. The van der Waals surface area contributed by atoms with Gasteiger partial charge < -0.3 is 4.74 Å². The Morgan fingerprint density at radius 2 is 2.14 bits per heavy atom. The summed E-state index contributed by atoms with van der Waals surface area (Å²) in [4.78, 5) is 0.